The number of nitrogens with two attached hydrogens (primary N) is 1. The monoisotopic (exact) mass is 347 g/mol. The average molecular weight is 347 g/mol. The van der Waals surface area contributed by atoms with E-state index in [2.05, 4.69) is 0 Å². The van der Waals surface area contributed by atoms with Crippen LogP contribution in [0.3, 0.4) is 0 Å². The van der Waals surface area contributed by atoms with Crippen molar-refractivity contribution >= 4 is 11.9 Å². The number of rotatable bonds is 5. The summed E-state index contributed by atoms with van der Waals surface area (Å²) in [6.07, 6.45) is 0.145. The van der Waals surface area contributed by atoms with E-state index < -0.39 is 18.0 Å². The summed E-state index contributed by atoms with van der Waals surface area (Å²) in [6, 6.07) is 15.8. The van der Waals surface area contributed by atoms with Crippen LogP contribution in [0.2, 0.25) is 0 Å². The second-order valence-electron chi connectivity index (χ2n) is 5.09. The summed E-state index contributed by atoms with van der Waals surface area (Å²) in [5, 5.41) is 24.7. The molecule has 25 heavy (non-hydrogen) atoms. The summed E-state index contributed by atoms with van der Waals surface area (Å²) < 4.78 is 5.22. The lowest BCUT2D eigenvalue weighted by molar-refractivity contribution is -0.159. The Bertz CT molecular complexity index is 704. The van der Waals surface area contributed by atoms with Gasteiger partial charge in [-0.15, -0.1) is 0 Å². The number of carboxylic acid groups (broad SMARTS) is 2. The lowest BCUT2D eigenvalue weighted by atomic mass is 9.96. The van der Waals surface area contributed by atoms with Crippen LogP contribution < -0.4 is 10.5 Å². The highest BCUT2D eigenvalue weighted by atomic mass is 16.5. The minimum absolute atomic E-state index is 0.231. The quantitative estimate of drug-likeness (QED) is 0.602. The zero-order valence-corrected chi connectivity index (χ0v) is 13.8. The Morgan fingerprint density at radius 2 is 1.72 bits per heavy atom. The van der Waals surface area contributed by atoms with Crippen LogP contribution in [0, 0.1) is 0 Å². The maximum Gasteiger partial charge on any atom is 0.414 e. The first-order valence-electron chi connectivity index (χ1n) is 7.44. The van der Waals surface area contributed by atoms with Crippen molar-refractivity contribution in [3.05, 3.63) is 65.2 Å². The van der Waals surface area contributed by atoms with E-state index in [1.54, 1.807) is 7.11 Å². The summed E-state index contributed by atoms with van der Waals surface area (Å²) in [7, 11) is 1.66. The molecule has 7 nitrogen and oxygen atoms in total. The largest absolute Gasteiger partial charge is 0.497 e. The maximum absolute atomic E-state index is 9.94. The first kappa shape index (κ1) is 20.1. The van der Waals surface area contributed by atoms with Crippen LogP contribution in [0.25, 0.3) is 0 Å². The van der Waals surface area contributed by atoms with Gasteiger partial charge in [0.15, 0.2) is 0 Å². The topological polar surface area (TPSA) is 130 Å². The van der Waals surface area contributed by atoms with E-state index in [4.69, 9.17) is 30.3 Å². The molecule has 0 aliphatic rings. The zero-order valence-electron chi connectivity index (χ0n) is 13.8. The lowest BCUT2D eigenvalue weighted by Crippen LogP contribution is -2.13. The molecular weight excluding hydrogens is 326 g/mol. The van der Waals surface area contributed by atoms with Crippen LogP contribution in [0.4, 0.5) is 0 Å². The highest BCUT2D eigenvalue weighted by Gasteiger charge is 2.10. The number of ether oxygens (including phenoxy) is 1. The molecule has 0 aliphatic carbocycles. The van der Waals surface area contributed by atoms with Crippen molar-refractivity contribution < 1.29 is 29.6 Å². The van der Waals surface area contributed by atoms with Gasteiger partial charge in [0.1, 0.15) is 5.75 Å². The maximum atomic E-state index is 9.94. The Kier molecular flexibility index (Phi) is 8.11. The number of hydrogen-bond acceptors (Lipinski definition) is 5. The minimum Gasteiger partial charge on any atom is -0.497 e. The van der Waals surface area contributed by atoms with Gasteiger partial charge < -0.3 is 25.8 Å². The average Bonchev–Trinajstić information content (AvgIpc) is 2.62. The molecule has 2 rings (SSSR count). The SMILES string of the molecule is COc1cccc(Cc2ccccc2C(O)CN)c1.O=C(O)C(=O)O. The van der Waals surface area contributed by atoms with Crippen molar-refractivity contribution in [2.75, 3.05) is 13.7 Å². The number of methoxy groups -OCH3 is 1. The van der Waals surface area contributed by atoms with Crippen LogP contribution in [0.5, 0.6) is 5.75 Å². The van der Waals surface area contributed by atoms with Gasteiger partial charge in [-0.3, -0.25) is 0 Å². The fraction of sp³-hybridized carbons (Fsp3) is 0.222. The number of hydrogen-bond donors (Lipinski definition) is 4. The van der Waals surface area contributed by atoms with Crippen LogP contribution in [-0.4, -0.2) is 40.9 Å². The van der Waals surface area contributed by atoms with Crippen molar-refractivity contribution in [3.63, 3.8) is 0 Å². The third kappa shape index (κ3) is 6.62. The van der Waals surface area contributed by atoms with Crippen molar-refractivity contribution in [2.45, 2.75) is 12.5 Å². The standard InChI is InChI=1S/C16H19NO2.C2H2O4/c1-19-14-7-4-5-12(10-14)9-13-6-2-3-8-15(13)16(18)11-17;3-1(4)2(5)6/h2-8,10,16,18H,9,11,17H2,1H3;(H,3,4)(H,5,6). The van der Waals surface area contributed by atoms with Gasteiger partial charge in [-0.25, -0.2) is 9.59 Å². The molecule has 0 aliphatic heterocycles. The van der Waals surface area contributed by atoms with Gasteiger partial charge in [0.25, 0.3) is 0 Å². The molecule has 0 radical (unpaired) electrons. The van der Waals surface area contributed by atoms with E-state index in [1.807, 2.05) is 48.5 Å². The Morgan fingerprint density at radius 1 is 1.08 bits per heavy atom. The number of carboxylic acids is 2. The third-order valence-electron chi connectivity index (χ3n) is 3.35. The zero-order chi connectivity index (χ0) is 18.8. The first-order chi connectivity index (χ1) is 11.9. The highest BCUT2D eigenvalue weighted by molar-refractivity contribution is 6.27. The molecule has 0 spiro atoms. The lowest BCUT2D eigenvalue weighted by Gasteiger charge is -2.14. The van der Waals surface area contributed by atoms with Crippen molar-refractivity contribution in [1.82, 2.24) is 0 Å². The van der Waals surface area contributed by atoms with Gasteiger partial charge >= 0.3 is 11.9 Å². The van der Waals surface area contributed by atoms with E-state index in [1.165, 1.54) is 0 Å². The van der Waals surface area contributed by atoms with E-state index in [0.717, 1.165) is 28.9 Å². The molecule has 0 amide bonds. The van der Waals surface area contributed by atoms with Gasteiger partial charge in [0, 0.05) is 6.54 Å². The first-order valence-corrected chi connectivity index (χ1v) is 7.44. The molecule has 5 N–H and O–H groups in total. The second kappa shape index (κ2) is 10.1. The fourth-order valence-electron chi connectivity index (χ4n) is 2.15. The van der Waals surface area contributed by atoms with Crippen molar-refractivity contribution in [2.24, 2.45) is 5.73 Å². The Balaban J connectivity index is 0.000000450. The summed E-state index contributed by atoms with van der Waals surface area (Å²) >= 11 is 0. The van der Waals surface area contributed by atoms with Crippen LogP contribution in [0.1, 0.15) is 22.8 Å². The van der Waals surface area contributed by atoms with Crippen LogP contribution in [0.15, 0.2) is 48.5 Å². The molecule has 1 unspecified atom stereocenters. The van der Waals surface area contributed by atoms with Gasteiger partial charge in [-0.2, -0.15) is 0 Å². The van der Waals surface area contributed by atoms with E-state index in [0.29, 0.717) is 0 Å². The number of aliphatic carboxylic acids is 2. The van der Waals surface area contributed by atoms with Crippen molar-refractivity contribution in [1.29, 1.82) is 0 Å². The van der Waals surface area contributed by atoms with E-state index >= 15 is 0 Å². The molecule has 7 heteroatoms. The second-order valence-corrected chi connectivity index (χ2v) is 5.09. The summed E-state index contributed by atoms with van der Waals surface area (Å²) in [6.45, 7) is 0.231. The Morgan fingerprint density at radius 3 is 2.28 bits per heavy atom. The summed E-state index contributed by atoms with van der Waals surface area (Å²) in [5.41, 5.74) is 8.68. The Labute approximate surface area is 145 Å². The highest BCUT2D eigenvalue weighted by Crippen LogP contribution is 2.22. The van der Waals surface area contributed by atoms with Crippen molar-refractivity contribution in [3.8, 4) is 5.75 Å². The summed E-state index contributed by atoms with van der Waals surface area (Å²) in [4.78, 5) is 18.2. The normalized spacial score (nSPS) is 11.0. The summed E-state index contributed by atoms with van der Waals surface area (Å²) in [5.74, 6) is -2.81. The number of carbonyl (C=O) groups is 2. The predicted octanol–water partition coefficient (Wildman–Crippen LogP) is 1.43. The minimum atomic E-state index is -1.82. The van der Waals surface area contributed by atoms with Crippen LogP contribution >= 0.6 is 0 Å². The fourth-order valence-corrected chi connectivity index (χ4v) is 2.15. The van der Waals surface area contributed by atoms with Gasteiger partial charge in [0.2, 0.25) is 0 Å². The van der Waals surface area contributed by atoms with E-state index in [9.17, 15) is 5.11 Å². The molecule has 2 aromatic rings. The number of aliphatic hydroxyl groups is 1. The van der Waals surface area contributed by atoms with Crippen LogP contribution in [-0.2, 0) is 16.0 Å². The molecule has 0 heterocycles. The molecule has 0 fully saturated rings. The van der Waals surface area contributed by atoms with Gasteiger partial charge in [-0.05, 0) is 35.2 Å². The molecule has 0 saturated heterocycles. The Hall–Kier alpha value is -2.90. The van der Waals surface area contributed by atoms with Gasteiger partial charge in [0.05, 0.1) is 13.2 Å². The number of aliphatic hydroxyl groups excluding tert-OH is 1. The molecule has 134 valence electrons. The smallest absolute Gasteiger partial charge is 0.414 e. The van der Waals surface area contributed by atoms with Gasteiger partial charge in [-0.1, -0.05) is 36.4 Å². The molecule has 1 atom stereocenters. The molecule has 0 saturated carbocycles. The van der Waals surface area contributed by atoms with E-state index in [-0.39, 0.29) is 6.54 Å². The molecule has 0 aromatic heterocycles. The number of benzene rings is 2. The third-order valence-corrected chi connectivity index (χ3v) is 3.35. The molecular formula is C18H21NO6. The molecule has 0 bridgehead atoms. The molecule has 2 aromatic carbocycles. The predicted molar refractivity (Wildman–Crippen MR) is 91.5 cm³/mol.